The number of aliphatic hydroxyl groups is 1. The van der Waals surface area contributed by atoms with Gasteiger partial charge in [0.2, 0.25) is 0 Å². The quantitative estimate of drug-likeness (QED) is 0.744. The Morgan fingerprint density at radius 3 is 2.65 bits per heavy atom. The molecule has 2 rings (SSSR count). The lowest BCUT2D eigenvalue weighted by Gasteiger charge is -2.17. The highest BCUT2D eigenvalue weighted by atomic mass is 35.5. The molecular formula is C18H20ClNO2S. The van der Waals surface area contributed by atoms with Gasteiger partial charge in [0.25, 0.3) is 5.91 Å². The van der Waals surface area contributed by atoms with Gasteiger partial charge in [0.15, 0.2) is 0 Å². The first kappa shape index (κ1) is 17.9. The molecule has 0 bridgehead atoms. The van der Waals surface area contributed by atoms with E-state index >= 15 is 0 Å². The molecule has 2 N–H and O–H groups in total. The summed E-state index contributed by atoms with van der Waals surface area (Å²) in [5.41, 5.74) is 1.58. The van der Waals surface area contributed by atoms with Crippen LogP contribution in [-0.4, -0.2) is 30.4 Å². The van der Waals surface area contributed by atoms with Crippen molar-refractivity contribution >= 4 is 29.3 Å². The van der Waals surface area contributed by atoms with Crippen LogP contribution in [0.15, 0.2) is 53.4 Å². The number of carbonyl (C=O) groups is 1. The third kappa shape index (κ3) is 4.99. The van der Waals surface area contributed by atoms with Gasteiger partial charge < -0.3 is 10.4 Å². The maximum atomic E-state index is 12.4. The van der Waals surface area contributed by atoms with Crippen LogP contribution in [0.1, 0.15) is 28.3 Å². The van der Waals surface area contributed by atoms with E-state index in [-0.39, 0.29) is 18.4 Å². The average molecular weight is 350 g/mol. The third-order valence-corrected chi connectivity index (χ3v) is 4.73. The molecule has 1 atom stereocenters. The highest BCUT2D eigenvalue weighted by molar-refractivity contribution is 7.98. The minimum Gasteiger partial charge on any atom is -0.396 e. The zero-order valence-electron chi connectivity index (χ0n) is 13.0. The fourth-order valence-electron chi connectivity index (χ4n) is 2.38. The molecule has 0 aliphatic heterocycles. The third-order valence-electron chi connectivity index (χ3n) is 3.68. The molecule has 0 spiro atoms. The van der Waals surface area contributed by atoms with Gasteiger partial charge in [0.1, 0.15) is 0 Å². The fourth-order valence-corrected chi connectivity index (χ4v) is 3.03. The smallest absolute Gasteiger partial charge is 0.252 e. The first-order valence-electron chi connectivity index (χ1n) is 7.43. The van der Waals surface area contributed by atoms with E-state index in [9.17, 15) is 9.90 Å². The zero-order chi connectivity index (χ0) is 16.7. The topological polar surface area (TPSA) is 49.3 Å². The maximum absolute atomic E-state index is 12.4. The van der Waals surface area contributed by atoms with Crippen molar-refractivity contribution in [3.05, 3.63) is 64.7 Å². The number of aliphatic hydroxyl groups excluding tert-OH is 1. The summed E-state index contributed by atoms with van der Waals surface area (Å²) in [5, 5.41) is 12.6. The summed E-state index contributed by atoms with van der Waals surface area (Å²) in [6, 6.07) is 15.3. The Kier molecular flexibility index (Phi) is 6.96. The van der Waals surface area contributed by atoms with Crippen LogP contribution in [-0.2, 0) is 0 Å². The predicted octanol–water partition coefficient (Wildman–Crippen LogP) is 3.96. The normalized spacial score (nSPS) is 12.0. The Labute approximate surface area is 146 Å². The molecule has 1 unspecified atom stereocenters. The SMILES string of the molecule is CSc1ccc(Cl)c(C(=O)NCC(CCO)c2ccccc2)c1. The molecule has 2 aromatic carbocycles. The van der Waals surface area contributed by atoms with Gasteiger partial charge in [-0.05, 0) is 36.4 Å². The summed E-state index contributed by atoms with van der Waals surface area (Å²) in [7, 11) is 0. The van der Waals surface area contributed by atoms with Crippen molar-refractivity contribution in [3.8, 4) is 0 Å². The van der Waals surface area contributed by atoms with E-state index in [1.807, 2.05) is 42.7 Å². The highest BCUT2D eigenvalue weighted by Crippen LogP contribution is 2.23. The summed E-state index contributed by atoms with van der Waals surface area (Å²) in [6.45, 7) is 0.543. The van der Waals surface area contributed by atoms with Crippen LogP contribution in [0, 0.1) is 0 Å². The average Bonchev–Trinajstić information content (AvgIpc) is 2.59. The van der Waals surface area contributed by atoms with E-state index in [2.05, 4.69) is 5.32 Å². The molecule has 3 nitrogen and oxygen atoms in total. The molecule has 0 saturated heterocycles. The predicted molar refractivity (Wildman–Crippen MR) is 96.5 cm³/mol. The Morgan fingerprint density at radius 1 is 1.26 bits per heavy atom. The Balaban J connectivity index is 2.07. The van der Waals surface area contributed by atoms with Gasteiger partial charge in [0, 0.05) is 24.0 Å². The second kappa shape index (κ2) is 8.96. The van der Waals surface area contributed by atoms with Crippen LogP contribution < -0.4 is 5.32 Å². The molecule has 1 amide bonds. The largest absolute Gasteiger partial charge is 0.396 e. The Morgan fingerprint density at radius 2 is 2.00 bits per heavy atom. The monoisotopic (exact) mass is 349 g/mol. The van der Waals surface area contributed by atoms with Crippen molar-refractivity contribution < 1.29 is 9.90 Å². The van der Waals surface area contributed by atoms with Crippen molar-refractivity contribution in [1.29, 1.82) is 0 Å². The molecule has 2 aromatic rings. The molecule has 0 saturated carbocycles. The maximum Gasteiger partial charge on any atom is 0.252 e. The van der Waals surface area contributed by atoms with Crippen molar-refractivity contribution in [2.45, 2.75) is 17.2 Å². The van der Waals surface area contributed by atoms with Crippen molar-refractivity contribution in [3.63, 3.8) is 0 Å². The van der Waals surface area contributed by atoms with Crippen LogP contribution in [0.25, 0.3) is 0 Å². The zero-order valence-corrected chi connectivity index (χ0v) is 14.5. The molecule has 0 aromatic heterocycles. The number of benzene rings is 2. The lowest BCUT2D eigenvalue weighted by molar-refractivity contribution is 0.0949. The van der Waals surface area contributed by atoms with Gasteiger partial charge in [-0.3, -0.25) is 4.79 Å². The molecule has 23 heavy (non-hydrogen) atoms. The number of amides is 1. The summed E-state index contributed by atoms with van der Waals surface area (Å²) >= 11 is 7.70. The standard InChI is InChI=1S/C18H20ClNO2S/c1-23-15-7-8-17(19)16(11-15)18(22)20-12-14(9-10-21)13-5-3-2-4-6-13/h2-8,11,14,21H,9-10,12H2,1H3,(H,20,22). The van der Waals surface area contributed by atoms with Gasteiger partial charge in [-0.2, -0.15) is 0 Å². The number of nitrogens with one attached hydrogen (secondary N) is 1. The van der Waals surface area contributed by atoms with Gasteiger partial charge in [-0.1, -0.05) is 41.9 Å². The van der Waals surface area contributed by atoms with E-state index in [0.29, 0.717) is 23.6 Å². The lowest BCUT2D eigenvalue weighted by Crippen LogP contribution is -2.29. The van der Waals surface area contributed by atoms with Gasteiger partial charge in [0.05, 0.1) is 10.6 Å². The number of thioether (sulfide) groups is 1. The first-order valence-corrected chi connectivity index (χ1v) is 9.03. The summed E-state index contributed by atoms with van der Waals surface area (Å²) in [4.78, 5) is 13.4. The molecule has 5 heteroatoms. The van der Waals surface area contributed by atoms with E-state index in [4.69, 9.17) is 11.6 Å². The first-order chi connectivity index (χ1) is 11.2. The number of carbonyl (C=O) groups excluding carboxylic acids is 1. The second-order valence-corrected chi connectivity index (χ2v) is 6.46. The molecule has 0 fully saturated rings. The van der Waals surface area contributed by atoms with Crippen LogP contribution in [0.2, 0.25) is 5.02 Å². The van der Waals surface area contributed by atoms with Crippen LogP contribution in [0.4, 0.5) is 0 Å². The van der Waals surface area contributed by atoms with Gasteiger partial charge in [-0.15, -0.1) is 11.8 Å². The van der Waals surface area contributed by atoms with E-state index in [1.54, 1.807) is 23.9 Å². The Bertz CT molecular complexity index is 649. The molecule has 122 valence electrons. The summed E-state index contributed by atoms with van der Waals surface area (Å²) < 4.78 is 0. The summed E-state index contributed by atoms with van der Waals surface area (Å²) in [6.07, 6.45) is 2.56. The number of halogens is 1. The van der Waals surface area contributed by atoms with Gasteiger partial charge >= 0.3 is 0 Å². The van der Waals surface area contributed by atoms with Crippen molar-refractivity contribution in [2.75, 3.05) is 19.4 Å². The van der Waals surface area contributed by atoms with E-state index in [1.165, 1.54) is 0 Å². The number of hydrogen-bond acceptors (Lipinski definition) is 3. The molecule has 0 aliphatic rings. The fraction of sp³-hybridized carbons (Fsp3) is 0.278. The van der Waals surface area contributed by atoms with Gasteiger partial charge in [-0.25, -0.2) is 0 Å². The van der Waals surface area contributed by atoms with Crippen molar-refractivity contribution in [1.82, 2.24) is 5.32 Å². The van der Waals surface area contributed by atoms with Crippen molar-refractivity contribution in [2.24, 2.45) is 0 Å². The molecule has 0 heterocycles. The number of hydrogen-bond donors (Lipinski definition) is 2. The van der Waals surface area contributed by atoms with Crippen LogP contribution in [0.5, 0.6) is 0 Å². The van der Waals surface area contributed by atoms with Crippen LogP contribution >= 0.6 is 23.4 Å². The molecular weight excluding hydrogens is 330 g/mol. The van der Waals surface area contributed by atoms with Crippen LogP contribution in [0.3, 0.4) is 0 Å². The molecule has 0 radical (unpaired) electrons. The summed E-state index contributed by atoms with van der Waals surface area (Å²) in [5.74, 6) is -0.113. The Hall–Kier alpha value is -1.49. The molecule has 0 aliphatic carbocycles. The van der Waals surface area contributed by atoms with E-state index < -0.39 is 0 Å². The lowest BCUT2D eigenvalue weighted by atomic mass is 9.96. The highest BCUT2D eigenvalue weighted by Gasteiger charge is 2.15. The number of rotatable bonds is 7. The minimum atomic E-state index is -0.190. The van der Waals surface area contributed by atoms with E-state index in [0.717, 1.165) is 10.5 Å². The minimum absolute atomic E-state index is 0.0765. The second-order valence-electron chi connectivity index (χ2n) is 5.18.